The highest BCUT2D eigenvalue weighted by atomic mass is 16.5. The van der Waals surface area contributed by atoms with Crippen LogP contribution in [-0.4, -0.2) is 18.7 Å². The summed E-state index contributed by atoms with van der Waals surface area (Å²) in [5.41, 5.74) is 6.25. The third-order valence-corrected chi connectivity index (χ3v) is 2.71. The minimum atomic E-state index is -0.375. The van der Waals surface area contributed by atoms with Crippen LogP contribution in [0.5, 0.6) is 5.75 Å². The Morgan fingerprint density at radius 2 is 2.00 bits per heavy atom. The molecule has 1 aromatic rings. The van der Waals surface area contributed by atoms with Crippen molar-refractivity contribution in [2.45, 2.75) is 32.4 Å². The van der Waals surface area contributed by atoms with Crippen LogP contribution >= 0.6 is 0 Å². The Hall–Kier alpha value is -1.71. The van der Waals surface area contributed by atoms with Gasteiger partial charge in [-0.25, -0.2) is 4.99 Å². The van der Waals surface area contributed by atoms with Gasteiger partial charge >= 0.3 is 0 Å². The first kappa shape index (κ1) is 11.8. The zero-order valence-electron chi connectivity index (χ0n) is 10.4. The van der Waals surface area contributed by atoms with E-state index < -0.39 is 0 Å². The molecule has 0 spiro atoms. The van der Waals surface area contributed by atoms with Gasteiger partial charge < -0.3 is 15.2 Å². The smallest absolute Gasteiger partial charge is 0.283 e. The topological polar surface area (TPSA) is 56.8 Å². The number of nitrogens with zero attached hydrogens (tertiary/aromatic N) is 1. The van der Waals surface area contributed by atoms with Crippen LogP contribution in [0.3, 0.4) is 0 Å². The molecule has 2 rings (SSSR count). The summed E-state index contributed by atoms with van der Waals surface area (Å²) in [7, 11) is 0. The molecule has 0 amide bonds. The van der Waals surface area contributed by atoms with Crippen molar-refractivity contribution in [3.8, 4) is 5.75 Å². The van der Waals surface area contributed by atoms with Gasteiger partial charge in [-0.2, -0.15) is 0 Å². The highest BCUT2D eigenvalue weighted by molar-refractivity contribution is 5.74. The Morgan fingerprint density at radius 1 is 1.35 bits per heavy atom. The van der Waals surface area contributed by atoms with Crippen LogP contribution in [0.15, 0.2) is 29.3 Å². The van der Waals surface area contributed by atoms with Crippen LogP contribution in [0.2, 0.25) is 0 Å². The fourth-order valence-electron chi connectivity index (χ4n) is 1.83. The molecule has 0 aromatic heterocycles. The number of amidine groups is 1. The molecular weight excluding hydrogens is 216 g/mol. The summed E-state index contributed by atoms with van der Waals surface area (Å²) < 4.78 is 10.8. The number of benzene rings is 1. The molecule has 0 saturated carbocycles. The van der Waals surface area contributed by atoms with Gasteiger partial charge in [-0.15, -0.1) is 0 Å². The van der Waals surface area contributed by atoms with E-state index in [2.05, 4.69) is 4.99 Å². The van der Waals surface area contributed by atoms with Crippen molar-refractivity contribution in [2.24, 2.45) is 10.7 Å². The van der Waals surface area contributed by atoms with Gasteiger partial charge in [0.15, 0.2) is 0 Å². The lowest BCUT2D eigenvalue weighted by atomic mass is 9.94. The second kappa shape index (κ2) is 4.28. The summed E-state index contributed by atoms with van der Waals surface area (Å²) in [6, 6.07) is 8.16. The number of nitrogens with two attached hydrogens (primary N) is 1. The first-order valence-corrected chi connectivity index (χ1v) is 5.75. The lowest BCUT2D eigenvalue weighted by Gasteiger charge is -2.19. The molecule has 92 valence electrons. The normalized spacial score (nSPS) is 23.4. The van der Waals surface area contributed by atoms with Crippen LogP contribution in [0.4, 0.5) is 0 Å². The van der Waals surface area contributed by atoms with E-state index in [9.17, 15) is 0 Å². The van der Waals surface area contributed by atoms with Crippen molar-refractivity contribution in [1.29, 1.82) is 0 Å². The van der Waals surface area contributed by atoms with E-state index in [1.165, 1.54) is 0 Å². The van der Waals surface area contributed by atoms with Crippen molar-refractivity contribution in [2.75, 3.05) is 6.61 Å². The Kier molecular flexibility index (Phi) is 2.96. The molecule has 1 aromatic carbocycles. The van der Waals surface area contributed by atoms with Gasteiger partial charge in [-0.3, -0.25) is 0 Å². The molecule has 1 aliphatic rings. The molecule has 0 aliphatic carbocycles. The minimum Gasteiger partial charge on any atom is -0.491 e. The van der Waals surface area contributed by atoms with E-state index in [0.29, 0.717) is 6.61 Å². The summed E-state index contributed by atoms with van der Waals surface area (Å²) in [5, 5.41) is 0. The van der Waals surface area contributed by atoms with Gasteiger partial charge in [0.2, 0.25) is 0 Å². The summed E-state index contributed by atoms with van der Waals surface area (Å²) in [5.74, 6) is 0.864. The maximum absolute atomic E-state index is 5.59. The number of hydrogen-bond donors (Lipinski definition) is 1. The van der Waals surface area contributed by atoms with Crippen molar-refractivity contribution >= 4 is 6.02 Å². The van der Waals surface area contributed by atoms with Crippen LogP contribution in [0, 0.1) is 0 Å². The molecule has 0 saturated heterocycles. The van der Waals surface area contributed by atoms with Gasteiger partial charge in [0.25, 0.3) is 6.02 Å². The van der Waals surface area contributed by atoms with Gasteiger partial charge in [0.1, 0.15) is 17.9 Å². The molecule has 4 heteroatoms. The molecular formula is C13H18N2O2. The third-order valence-electron chi connectivity index (χ3n) is 2.71. The molecule has 17 heavy (non-hydrogen) atoms. The SMILES string of the molecule is CC(C)Oc1ccc(C2(C)COC(N)=N2)cc1. The van der Waals surface area contributed by atoms with E-state index in [1.54, 1.807) is 0 Å². The maximum atomic E-state index is 5.59. The number of hydrogen-bond acceptors (Lipinski definition) is 4. The Balaban J connectivity index is 2.18. The second-order valence-corrected chi connectivity index (χ2v) is 4.70. The van der Waals surface area contributed by atoms with Crippen LogP contribution in [-0.2, 0) is 10.3 Å². The summed E-state index contributed by atoms with van der Waals surface area (Å²) in [4.78, 5) is 4.31. The average molecular weight is 234 g/mol. The van der Waals surface area contributed by atoms with Crippen LogP contribution < -0.4 is 10.5 Å². The average Bonchev–Trinajstić information content (AvgIpc) is 2.60. The van der Waals surface area contributed by atoms with Gasteiger partial charge in [0, 0.05) is 0 Å². The van der Waals surface area contributed by atoms with E-state index in [4.69, 9.17) is 15.2 Å². The third kappa shape index (κ3) is 2.52. The fourth-order valence-corrected chi connectivity index (χ4v) is 1.83. The quantitative estimate of drug-likeness (QED) is 0.870. The summed E-state index contributed by atoms with van der Waals surface area (Å²) in [6.45, 7) is 6.50. The van der Waals surface area contributed by atoms with Crippen molar-refractivity contribution < 1.29 is 9.47 Å². The number of aliphatic imine (C=N–C) groups is 1. The van der Waals surface area contributed by atoms with Crippen LogP contribution in [0.25, 0.3) is 0 Å². The molecule has 0 bridgehead atoms. The first-order chi connectivity index (χ1) is 7.99. The molecule has 1 heterocycles. The maximum Gasteiger partial charge on any atom is 0.283 e. The monoisotopic (exact) mass is 234 g/mol. The molecule has 0 fully saturated rings. The summed E-state index contributed by atoms with van der Waals surface area (Å²) >= 11 is 0. The number of rotatable bonds is 3. The first-order valence-electron chi connectivity index (χ1n) is 5.75. The van der Waals surface area contributed by atoms with E-state index in [-0.39, 0.29) is 17.7 Å². The molecule has 4 nitrogen and oxygen atoms in total. The van der Waals surface area contributed by atoms with Crippen molar-refractivity contribution in [3.63, 3.8) is 0 Å². The van der Waals surface area contributed by atoms with E-state index in [0.717, 1.165) is 11.3 Å². The zero-order chi connectivity index (χ0) is 12.5. The number of ether oxygens (including phenoxy) is 2. The Morgan fingerprint density at radius 3 is 2.47 bits per heavy atom. The van der Waals surface area contributed by atoms with Gasteiger partial charge in [-0.05, 0) is 38.5 Å². The molecule has 2 N–H and O–H groups in total. The minimum absolute atomic E-state index is 0.180. The molecule has 1 aliphatic heterocycles. The lowest BCUT2D eigenvalue weighted by molar-refractivity contribution is 0.241. The van der Waals surface area contributed by atoms with Gasteiger partial charge in [-0.1, -0.05) is 12.1 Å². The molecule has 1 unspecified atom stereocenters. The van der Waals surface area contributed by atoms with E-state index >= 15 is 0 Å². The standard InChI is InChI=1S/C13H18N2O2/c1-9(2)17-11-6-4-10(5-7-11)13(3)8-16-12(14)15-13/h4-7,9H,8H2,1-3H3,(H2,14,15). The highest BCUT2D eigenvalue weighted by Gasteiger charge is 2.32. The summed E-state index contributed by atoms with van der Waals surface area (Å²) in [6.07, 6.45) is 0.180. The predicted molar refractivity (Wildman–Crippen MR) is 67.1 cm³/mol. The second-order valence-electron chi connectivity index (χ2n) is 4.70. The van der Waals surface area contributed by atoms with Gasteiger partial charge in [0.05, 0.1) is 6.10 Å². The van der Waals surface area contributed by atoms with Crippen LogP contribution in [0.1, 0.15) is 26.3 Å². The molecule has 1 atom stereocenters. The van der Waals surface area contributed by atoms with Crippen molar-refractivity contribution in [1.82, 2.24) is 0 Å². The highest BCUT2D eigenvalue weighted by Crippen LogP contribution is 2.30. The molecule has 0 radical (unpaired) electrons. The largest absolute Gasteiger partial charge is 0.491 e. The van der Waals surface area contributed by atoms with E-state index in [1.807, 2.05) is 45.0 Å². The zero-order valence-corrected chi connectivity index (χ0v) is 10.4. The fraction of sp³-hybridized carbons (Fsp3) is 0.462. The van der Waals surface area contributed by atoms with Crippen molar-refractivity contribution in [3.05, 3.63) is 29.8 Å². The lowest BCUT2D eigenvalue weighted by Crippen LogP contribution is -2.20. The Bertz CT molecular complexity index is 426. The Labute approximate surface area is 101 Å². The predicted octanol–water partition coefficient (Wildman–Crippen LogP) is 2.03.